The second-order valence-corrected chi connectivity index (χ2v) is 5.88. The van der Waals surface area contributed by atoms with Crippen molar-refractivity contribution in [3.8, 4) is 0 Å². The second kappa shape index (κ2) is 4.93. The summed E-state index contributed by atoms with van der Waals surface area (Å²) in [7, 11) is 0. The molecule has 1 aromatic carbocycles. The zero-order chi connectivity index (χ0) is 13.6. The summed E-state index contributed by atoms with van der Waals surface area (Å²) in [5.74, 6) is 0.129. The van der Waals surface area contributed by atoms with Crippen molar-refractivity contribution in [1.82, 2.24) is 0 Å². The van der Waals surface area contributed by atoms with Crippen LogP contribution >= 0.6 is 39.1 Å². The van der Waals surface area contributed by atoms with Gasteiger partial charge in [-0.05, 0) is 28.2 Å². The lowest BCUT2D eigenvalue weighted by atomic mass is 9.97. The molecular weight excluding hydrogens is 347 g/mol. The first kappa shape index (κ1) is 13.2. The fraction of sp³-hybridized carbons (Fsp3) is 0.133. The molecule has 2 aliphatic rings. The number of Topliss-reactive ketones (excluding diaryl/α,β-unsaturated/α-hetero) is 1. The smallest absolute Gasteiger partial charge is 0.175 e. The van der Waals surface area contributed by atoms with Crippen LogP contribution in [0.15, 0.2) is 35.4 Å². The number of allylic oxidation sites excluding steroid dienone is 4. The Kier molecular flexibility index (Phi) is 3.42. The second-order valence-electron chi connectivity index (χ2n) is 4.47. The van der Waals surface area contributed by atoms with Gasteiger partial charge in [-0.3, -0.25) is 4.79 Å². The lowest BCUT2D eigenvalue weighted by Gasteiger charge is -2.10. The average Bonchev–Trinajstić information content (AvgIpc) is 2.74. The highest BCUT2D eigenvalue weighted by molar-refractivity contribution is 9.09. The van der Waals surface area contributed by atoms with Crippen molar-refractivity contribution in [1.29, 1.82) is 0 Å². The van der Waals surface area contributed by atoms with E-state index < -0.39 is 0 Å². The third-order valence-corrected chi connectivity index (χ3v) is 4.45. The van der Waals surface area contributed by atoms with Crippen LogP contribution in [0.2, 0.25) is 5.02 Å². The first-order valence-electron chi connectivity index (χ1n) is 5.81. The van der Waals surface area contributed by atoms with E-state index in [0.717, 1.165) is 15.5 Å². The van der Waals surface area contributed by atoms with Crippen LogP contribution in [0, 0.1) is 5.92 Å². The number of benzene rings is 1. The summed E-state index contributed by atoms with van der Waals surface area (Å²) in [6.07, 6.45) is 7.91. The summed E-state index contributed by atoms with van der Waals surface area (Å²) in [5, 5.41) is 3.47. The van der Waals surface area contributed by atoms with Gasteiger partial charge in [-0.2, -0.15) is 0 Å². The van der Waals surface area contributed by atoms with E-state index in [-0.39, 0.29) is 17.0 Å². The number of carbonyl (C=O) groups excluding carboxylic acids is 1. The van der Waals surface area contributed by atoms with E-state index in [4.69, 9.17) is 23.2 Å². The van der Waals surface area contributed by atoms with Crippen molar-refractivity contribution < 1.29 is 4.79 Å². The summed E-state index contributed by atoms with van der Waals surface area (Å²) >= 11 is 15.4. The summed E-state index contributed by atoms with van der Waals surface area (Å²) in [5.41, 5.74) is 1.76. The topological polar surface area (TPSA) is 17.1 Å². The zero-order valence-electron chi connectivity index (χ0n) is 9.79. The van der Waals surface area contributed by atoms with Crippen LogP contribution in [0.25, 0.3) is 11.6 Å². The van der Waals surface area contributed by atoms with Gasteiger partial charge in [-0.1, -0.05) is 63.4 Å². The Morgan fingerprint density at radius 2 is 2.00 bits per heavy atom. The van der Waals surface area contributed by atoms with Crippen LogP contribution in [-0.4, -0.2) is 11.1 Å². The standard InChI is InChI=1S/C15H9BrCl2O/c16-7-14(19)15-12-6-8-5-9(17)1-2-10(8)11(12)3-4-13(15)18/h1-6,8H,7H2/t8-/m0/s1. The molecule has 4 heteroatoms. The number of hydrogen-bond acceptors (Lipinski definition) is 1. The van der Waals surface area contributed by atoms with Gasteiger partial charge in [0, 0.05) is 16.5 Å². The maximum atomic E-state index is 12.0. The molecule has 1 nitrogen and oxygen atoms in total. The van der Waals surface area contributed by atoms with Crippen LogP contribution in [0.4, 0.5) is 0 Å². The third kappa shape index (κ3) is 2.12. The molecule has 0 aromatic heterocycles. The van der Waals surface area contributed by atoms with Crippen molar-refractivity contribution in [2.75, 3.05) is 5.33 Å². The SMILES string of the molecule is O=C(CBr)c1c(Cl)ccc2c1=C[C@@H]1C=C(Cl)C=CC=21. The highest BCUT2D eigenvalue weighted by atomic mass is 79.9. The Morgan fingerprint density at radius 3 is 2.74 bits per heavy atom. The predicted octanol–water partition coefficient (Wildman–Crippen LogP) is 3.17. The Labute approximate surface area is 129 Å². The molecule has 0 saturated heterocycles. The first-order valence-corrected chi connectivity index (χ1v) is 7.68. The van der Waals surface area contributed by atoms with E-state index in [1.54, 1.807) is 6.07 Å². The van der Waals surface area contributed by atoms with Crippen LogP contribution < -0.4 is 10.4 Å². The predicted molar refractivity (Wildman–Crippen MR) is 83.3 cm³/mol. The van der Waals surface area contributed by atoms with Gasteiger partial charge in [-0.25, -0.2) is 0 Å². The van der Waals surface area contributed by atoms with E-state index >= 15 is 0 Å². The zero-order valence-corrected chi connectivity index (χ0v) is 12.9. The molecule has 3 rings (SSSR count). The minimum Gasteiger partial charge on any atom is -0.293 e. The first-order chi connectivity index (χ1) is 9.11. The summed E-state index contributed by atoms with van der Waals surface area (Å²) in [6.45, 7) is 0. The number of ketones is 1. The molecule has 0 fully saturated rings. The molecule has 0 spiro atoms. The lowest BCUT2D eigenvalue weighted by Crippen LogP contribution is -2.30. The Bertz CT molecular complexity index is 759. The Balaban J connectivity index is 2.35. The quantitative estimate of drug-likeness (QED) is 0.588. The highest BCUT2D eigenvalue weighted by Gasteiger charge is 2.21. The molecule has 0 N–H and O–H groups in total. The van der Waals surface area contributed by atoms with Crippen molar-refractivity contribution in [2.45, 2.75) is 0 Å². The van der Waals surface area contributed by atoms with E-state index in [9.17, 15) is 4.79 Å². The molecule has 0 radical (unpaired) electrons. The Hall–Kier alpha value is -0.830. The number of alkyl halides is 1. The third-order valence-electron chi connectivity index (χ3n) is 3.37. The van der Waals surface area contributed by atoms with Gasteiger partial charge < -0.3 is 0 Å². The van der Waals surface area contributed by atoms with Crippen LogP contribution in [0.5, 0.6) is 0 Å². The van der Waals surface area contributed by atoms with Crippen LogP contribution in [0.3, 0.4) is 0 Å². The summed E-state index contributed by atoms with van der Waals surface area (Å²) < 4.78 is 0. The largest absolute Gasteiger partial charge is 0.293 e. The van der Waals surface area contributed by atoms with Crippen molar-refractivity contribution in [2.24, 2.45) is 5.92 Å². The monoisotopic (exact) mass is 354 g/mol. The summed E-state index contributed by atoms with van der Waals surface area (Å²) in [4.78, 5) is 12.0. The molecule has 0 amide bonds. The highest BCUT2D eigenvalue weighted by Crippen LogP contribution is 2.28. The van der Waals surface area contributed by atoms with Crippen LogP contribution in [0.1, 0.15) is 10.4 Å². The van der Waals surface area contributed by atoms with Crippen molar-refractivity contribution in [3.63, 3.8) is 0 Å². The van der Waals surface area contributed by atoms with Gasteiger partial charge in [0.2, 0.25) is 0 Å². The summed E-state index contributed by atoms with van der Waals surface area (Å²) in [6, 6.07) is 3.75. The molecule has 0 heterocycles. The van der Waals surface area contributed by atoms with Gasteiger partial charge >= 0.3 is 0 Å². The molecule has 0 saturated carbocycles. The van der Waals surface area contributed by atoms with Gasteiger partial charge in [0.1, 0.15) is 0 Å². The molecule has 0 unspecified atom stereocenters. The Morgan fingerprint density at radius 1 is 1.21 bits per heavy atom. The molecule has 0 aliphatic heterocycles. The number of carbonyl (C=O) groups is 1. The molecular formula is C15H9BrCl2O. The maximum Gasteiger partial charge on any atom is 0.175 e. The molecule has 96 valence electrons. The fourth-order valence-corrected chi connectivity index (χ4v) is 3.30. The molecule has 0 bridgehead atoms. The van der Waals surface area contributed by atoms with Crippen molar-refractivity contribution >= 4 is 56.6 Å². The van der Waals surface area contributed by atoms with Gasteiger partial charge in [0.25, 0.3) is 0 Å². The van der Waals surface area contributed by atoms with Gasteiger partial charge in [-0.15, -0.1) is 0 Å². The molecule has 1 aromatic rings. The number of fused-ring (bicyclic) bond motifs is 2. The molecule has 2 aliphatic carbocycles. The molecule has 19 heavy (non-hydrogen) atoms. The normalized spacial score (nSPS) is 19.6. The van der Waals surface area contributed by atoms with E-state index in [0.29, 0.717) is 10.6 Å². The number of halogens is 3. The fourth-order valence-electron chi connectivity index (χ4n) is 2.55. The van der Waals surface area contributed by atoms with E-state index in [1.165, 1.54) is 5.57 Å². The number of hydrogen-bond donors (Lipinski definition) is 0. The minimum absolute atomic E-state index is 0.00333. The molecule has 1 atom stereocenters. The van der Waals surface area contributed by atoms with Crippen molar-refractivity contribution in [3.05, 3.63) is 56.4 Å². The minimum atomic E-state index is -0.00333. The van der Waals surface area contributed by atoms with Gasteiger partial charge in [0.15, 0.2) is 5.78 Å². The maximum absolute atomic E-state index is 12.0. The number of rotatable bonds is 2. The van der Waals surface area contributed by atoms with Gasteiger partial charge in [0.05, 0.1) is 10.4 Å². The lowest BCUT2D eigenvalue weighted by molar-refractivity contribution is 0.102. The van der Waals surface area contributed by atoms with Crippen LogP contribution in [-0.2, 0) is 0 Å². The van der Waals surface area contributed by atoms with E-state index in [2.05, 4.69) is 22.0 Å². The average molecular weight is 356 g/mol. The van der Waals surface area contributed by atoms with E-state index in [1.807, 2.05) is 24.3 Å².